The number of nitrogens with zero attached hydrogens (tertiary/aromatic N) is 2. The first-order valence-corrected chi connectivity index (χ1v) is 11.5. The molecule has 1 aromatic heterocycles. The maximum Gasteiger partial charge on any atom is 0.271 e. The van der Waals surface area contributed by atoms with Gasteiger partial charge in [-0.15, -0.1) is 11.3 Å². The van der Waals surface area contributed by atoms with Gasteiger partial charge in [-0.05, 0) is 60.2 Å². The number of anilines is 2. The van der Waals surface area contributed by atoms with Crippen molar-refractivity contribution in [2.24, 2.45) is 5.10 Å². The topological polar surface area (TPSA) is 84.8 Å². The minimum absolute atomic E-state index is 0.313. The molecule has 3 aromatic carbocycles. The number of halogens is 1. The molecule has 0 bridgehead atoms. The summed E-state index contributed by atoms with van der Waals surface area (Å²) in [6.07, 6.45) is 1.54. The molecule has 0 aliphatic rings. The average molecular weight is 493 g/mol. The quantitative estimate of drug-likeness (QED) is 0.233. The fourth-order valence-corrected chi connectivity index (χ4v) is 3.94. The first kappa shape index (κ1) is 23.3. The molecule has 0 aliphatic carbocycles. The largest absolute Gasteiger partial charge is 0.493 e. The maximum atomic E-state index is 12.4. The summed E-state index contributed by atoms with van der Waals surface area (Å²) in [6.45, 7) is 0. The minimum Gasteiger partial charge on any atom is -0.493 e. The van der Waals surface area contributed by atoms with Crippen molar-refractivity contribution in [1.82, 2.24) is 10.4 Å². The monoisotopic (exact) mass is 492 g/mol. The van der Waals surface area contributed by atoms with Gasteiger partial charge in [0.2, 0.25) is 0 Å². The number of benzene rings is 3. The van der Waals surface area contributed by atoms with Crippen LogP contribution >= 0.6 is 22.9 Å². The number of amides is 1. The highest BCUT2D eigenvalue weighted by molar-refractivity contribution is 7.14. The number of hydrogen-bond acceptors (Lipinski definition) is 7. The third-order valence-electron chi connectivity index (χ3n) is 4.83. The van der Waals surface area contributed by atoms with Gasteiger partial charge in [0.15, 0.2) is 16.6 Å². The Morgan fingerprint density at radius 1 is 1.00 bits per heavy atom. The van der Waals surface area contributed by atoms with E-state index in [9.17, 15) is 4.79 Å². The van der Waals surface area contributed by atoms with Gasteiger partial charge in [-0.1, -0.05) is 23.7 Å². The molecule has 1 heterocycles. The fourth-order valence-electron chi connectivity index (χ4n) is 3.08. The van der Waals surface area contributed by atoms with Crippen LogP contribution in [0.2, 0.25) is 5.02 Å². The van der Waals surface area contributed by atoms with E-state index < -0.39 is 0 Å². The first-order valence-electron chi connectivity index (χ1n) is 10.2. The number of ether oxygens (including phenoxy) is 2. The Morgan fingerprint density at radius 3 is 2.44 bits per heavy atom. The average Bonchev–Trinajstić information content (AvgIpc) is 3.34. The minimum atomic E-state index is -0.313. The van der Waals surface area contributed by atoms with E-state index in [4.69, 9.17) is 21.1 Å². The van der Waals surface area contributed by atoms with Crippen LogP contribution in [-0.2, 0) is 0 Å². The summed E-state index contributed by atoms with van der Waals surface area (Å²) in [5.41, 5.74) is 6.42. The summed E-state index contributed by atoms with van der Waals surface area (Å²) in [4.78, 5) is 17.0. The van der Waals surface area contributed by atoms with Crippen LogP contribution in [0.5, 0.6) is 11.5 Å². The van der Waals surface area contributed by atoms with Crippen LogP contribution in [0.4, 0.5) is 10.8 Å². The van der Waals surface area contributed by atoms with Crippen molar-refractivity contribution in [1.29, 1.82) is 0 Å². The van der Waals surface area contributed by atoms with Crippen LogP contribution in [0.3, 0.4) is 0 Å². The zero-order chi connectivity index (χ0) is 23.9. The molecule has 1 amide bonds. The molecule has 0 radical (unpaired) electrons. The molecule has 0 fully saturated rings. The summed E-state index contributed by atoms with van der Waals surface area (Å²) >= 11 is 7.42. The van der Waals surface area contributed by atoms with Crippen LogP contribution in [-0.4, -0.2) is 31.3 Å². The normalized spacial score (nSPS) is 10.8. The van der Waals surface area contributed by atoms with Crippen LogP contribution in [0, 0.1) is 0 Å². The first-order chi connectivity index (χ1) is 16.6. The van der Waals surface area contributed by atoms with Gasteiger partial charge in [-0.25, -0.2) is 10.4 Å². The van der Waals surface area contributed by atoms with E-state index >= 15 is 0 Å². The molecule has 0 spiro atoms. The van der Waals surface area contributed by atoms with Gasteiger partial charge in [-0.3, -0.25) is 4.79 Å². The number of hydrogen-bond donors (Lipinski definition) is 2. The van der Waals surface area contributed by atoms with E-state index in [0.717, 1.165) is 27.6 Å². The molecule has 2 N–H and O–H groups in total. The highest BCUT2D eigenvalue weighted by Gasteiger charge is 2.09. The molecule has 0 atom stereocenters. The van der Waals surface area contributed by atoms with Crippen LogP contribution in [0.1, 0.15) is 15.9 Å². The van der Waals surface area contributed by atoms with Crippen molar-refractivity contribution < 1.29 is 14.3 Å². The second kappa shape index (κ2) is 10.8. The summed E-state index contributed by atoms with van der Waals surface area (Å²) in [5, 5.41) is 10.7. The Hall–Kier alpha value is -3.88. The summed E-state index contributed by atoms with van der Waals surface area (Å²) < 4.78 is 10.5. The number of carbonyl (C=O) groups excluding carboxylic acids is 1. The summed E-state index contributed by atoms with van der Waals surface area (Å²) in [6, 6.07) is 20.0. The van der Waals surface area contributed by atoms with Crippen LogP contribution in [0.25, 0.3) is 11.3 Å². The molecule has 0 saturated carbocycles. The Labute approximate surface area is 206 Å². The maximum absolute atomic E-state index is 12.4. The van der Waals surface area contributed by atoms with E-state index in [1.54, 1.807) is 44.7 Å². The second-order valence-corrected chi connectivity index (χ2v) is 8.36. The lowest BCUT2D eigenvalue weighted by molar-refractivity contribution is 0.0955. The summed E-state index contributed by atoms with van der Waals surface area (Å²) in [7, 11) is 3.13. The molecule has 7 nitrogen and oxygen atoms in total. The lowest BCUT2D eigenvalue weighted by Gasteiger charge is -2.07. The van der Waals surface area contributed by atoms with Crippen LogP contribution < -0.4 is 20.2 Å². The van der Waals surface area contributed by atoms with E-state index in [1.807, 2.05) is 47.8 Å². The molecule has 4 rings (SSSR count). The van der Waals surface area contributed by atoms with Gasteiger partial charge in [0.1, 0.15) is 0 Å². The van der Waals surface area contributed by atoms with Crippen molar-refractivity contribution in [3.8, 4) is 22.8 Å². The van der Waals surface area contributed by atoms with Gasteiger partial charge in [0.05, 0.1) is 26.1 Å². The highest BCUT2D eigenvalue weighted by atomic mass is 35.5. The zero-order valence-corrected chi connectivity index (χ0v) is 20.0. The van der Waals surface area contributed by atoms with E-state index in [-0.39, 0.29) is 5.91 Å². The molecule has 0 saturated heterocycles. The Bertz CT molecular complexity index is 1300. The Morgan fingerprint density at radius 2 is 1.74 bits per heavy atom. The van der Waals surface area contributed by atoms with Gasteiger partial charge in [0, 0.05) is 27.2 Å². The number of rotatable bonds is 8. The molecule has 4 aromatic rings. The fraction of sp³-hybridized carbons (Fsp3) is 0.0800. The third kappa shape index (κ3) is 5.72. The highest BCUT2D eigenvalue weighted by Crippen LogP contribution is 2.28. The predicted molar refractivity (Wildman–Crippen MR) is 137 cm³/mol. The molecule has 9 heteroatoms. The molecule has 0 unspecified atom stereocenters. The molecule has 34 heavy (non-hydrogen) atoms. The van der Waals surface area contributed by atoms with E-state index in [2.05, 4.69) is 20.8 Å². The SMILES string of the molecule is COc1ccc(/C=N\NC(=O)c2ccc(-c3csc(Nc4ccc(Cl)cc4)n3)cc2)cc1OC. The zero-order valence-electron chi connectivity index (χ0n) is 18.4. The third-order valence-corrected chi connectivity index (χ3v) is 5.84. The lowest BCUT2D eigenvalue weighted by atomic mass is 10.1. The van der Waals surface area contributed by atoms with Gasteiger partial charge >= 0.3 is 0 Å². The van der Waals surface area contributed by atoms with E-state index in [1.165, 1.54) is 11.3 Å². The van der Waals surface area contributed by atoms with Crippen molar-refractivity contribution in [2.45, 2.75) is 0 Å². The standard InChI is InChI=1S/C25H21ClN4O3S/c1-32-22-12-3-16(13-23(22)33-2)14-27-30-24(31)18-6-4-17(5-7-18)21-15-34-25(29-21)28-20-10-8-19(26)9-11-20/h3-15H,1-2H3,(H,28,29)(H,30,31)/b27-14-. The van der Waals surface area contributed by atoms with Gasteiger partial charge in [0.25, 0.3) is 5.91 Å². The lowest BCUT2D eigenvalue weighted by Crippen LogP contribution is -2.17. The van der Waals surface area contributed by atoms with E-state index in [0.29, 0.717) is 22.1 Å². The number of aromatic nitrogens is 1. The number of carbonyl (C=O) groups is 1. The second-order valence-electron chi connectivity index (χ2n) is 7.06. The Balaban J connectivity index is 1.37. The van der Waals surface area contributed by atoms with Crippen molar-refractivity contribution >= 4 is 45.9 Å². The molecular weight excluding hydrogens is 472 g/mol. The van der Waals surface area contributed by atoms with Gasteiger partial charge in [-0.2, -0.15) is 5.10 Å². The van der Waals surface area contributed by atoms with Crippen LogP contribution in [0.15, 0.2) is 77.2 Å². The van der Waals surface area contributed by atoms with Crippen molar-refractivity contribution in [3.63, 3.8) is 0 Å². The Kier molecular flexibility index (Phi) is 7.41. The number of thiazole rings is 1. The number of nitrogens with one attached hydrogen (secondary N) is 2. The summed E-state index contributed by atoms with van der Waals surface area (Å²) in [5.74, 6) is 0.894. The van der Waals surface area contributed by atoms with Gasteiger partial charge < -0.3 is 14.8 Å². The molecule has 0 aliphatic heterocycles. The number of methoxy groups -OCH3 is 2. The van der Waals surface area contributed by atoms with Crippen molar-refractivity contribution in [3.05, 3.63) is 88.3 Å². The molecule has 172 valence electrons. The van der Waals surface area contributed by atoms with Crippen molar-refractivity contribution in [2.75, 3.05) is 19.5 Å². The molecular formula is C25H21ClN4O3S. The smallest absolute Gasteiger partial charge is 0.271 e. The number of hydrazone groups is 1. The predicted octanol–water partition coefficient (Wildman–Crippen LogP) is 5.99.